The number of anilines is 1. The summed E-state index contributed by atoms with van der Waals surface area (Å²) in [5.74, 6) is 1.63. The summed E-state index contributed by atoms with van der Waals surface area (Å²) in [4.78, 5) is 11.0. The summed E-state index contributed by atoms with van der Waals surface area (Å²) < 4.78 is 5.92. The Kier molecular flexibility index (Phi) is 5.59. The van der Waals surface area contributed by atoms with Crippen LogP contribution in [0.15, 0.2) is 6.33 Å². The molecule has 1 N–H and O–H groups in total. The van der Waals surface area contributed by atoms with Crippen LogP contribution >= 0.6 is 0 Å². The first kappa shape index (κ1) is 15.0. The van der Waals surface area contributed by atoms with E-state index in [4.69, 9.17) is 4.74 Å². The summed E-state index contributed by atoms with van der Waals surface area (Å²) in [5, 5.41) is 3.12. The van der Waals surface area contributed by atoms with Crippen molar-refractivity contribution in [3.63, 3.8) is 0 Å². The van der Waals surface area contributed by atoms with Crippen LogP contribution in [0, 0.1) is 0 Å². The lowest BCUT2D eigenvalue weighted by molar-refractivity contribution is 0.227. The molecule has 1 fully saturated rings. The van der Waals surface area contributed by atoms with Crippen LogP contribution in [0.3, 0.4) is 0 Å². The van der Waals surface area contributed by atoms with Crippen LogP contribution in [0.5, 0.6) is 5.88 Å². The summed E-state index contributed by atoms with van der Waals surface area (Å²) in [6.45, 7) is 4.10. The third-order valence-corrected chi connectivity index (χ3v) is 4.00. The quantitative estimate of drug-likeness (QED) is 0.829. The van der Waals surface area contributed by atoms with Gasteiger partial charge in [-0.05, 0) is 39.3 Å². The van der Waals surface area contributed by atoms with Crippen LogP contribution in [-0.2, 0) is 6.42 Å². The molecule has 5 nitrogen and oxygen atoms in total. The molecule has 1 unspecified atom stereocenters. The number of aromatic nitrogens is 2. The lowest BCUT2D eigenvalue weighted by Crippen LogP contribution is -2.26. The first-order valence-electron chi connectivity index (χ1n) is 7.61. The van der Waals surface area contributed by atoms with E-state index in [1.807, 2.05) is 7.05 Å². The van der Waals surface area contributed by atoms with Crippen molar-refractivity contribution in [3.05, 3.63) is 11.9 Å². The van der Waals surface area contributed by atoms with E-state index >= 15 is 0 Å². The summed E-state index contributed by atoms with van der Waals surface area (Å²) in [7, 11) is 4.09. The Morgan fingerprint density at radius 1 is 1.45 bits per heavy atom. The zero-order chi connectivity index (χ0) is 14.4. The molecule has 0 spiro atoms. The normalized spacial score (nSPS) is 19.2. The highest BCUT2D eigenvalue weighted by atomic mass is 16.5. The Bertz CT molecular complexity index is 424. The number of ether oxygens (including phenoxy) is 1. The van der Waals surface area contributed by atoms with Gasteiger partial charge in [-0.2, -0.15) is 0 Å². The van der Waals surface area contributed by atoms with Gasteiger partial charge in [0.15, 0.2) is 0 Å². The third kappa shape index (κ3) is 3.60. The molecule has 2 rings (SSSR count). The zero-order valence-corrected chi connectivity index (χ0v) is 12.9. The average Bonchev–Trinajstić information content (AvgIpc) is 2.86. The lowest BCUT2D eigenvalue weighted by Gasteiger charge is -2.19. The fraction of sp³-hybridized carbons (Fsp3) is 0.733. The fourth-order valence-corrected chi connectivity index (χ4v) is 2.85. The molecular weight excluding hydrogens is 252 g/mol. The summed E-state index contributed by atoms with van der Waals surface area (Å²) in [5.41, 5.74) is 1.09. The molecule has 1 aliphatic heterocycles. The molecule has 1 aromatic rings. The minimum absolute atomic E-state index is 0.662. The Balaban J connectivity index is 1.94. The van der Waals surface area contributed by atoms with E-state index in [2.05, 4.69) is 34.2 Å². The van der Waals surface area contributed by atoms with Gasteiger partial charge in [-0.15, -0.1) is 0 Å². The molecule has 2 heterocycles. The van der Waals surface area contributed by atoms with E-state index in [0.717, 1.165) is 43.1 Å². The second-order valence-electron chi connectivity index (χ2n) is 5.42. The number of rotatable bonds is 7. The van der Waals surface area contributed by atoms with E-state index in [-0.39, 0.29) is 0 Å². The second-order valence-corrected chi connectivity index (χ2v) is 5.42. The van der Waals surface area contributed by atoms with Gasteiger partial charge in [-0.3, -0.25) is 0 Å². The summed E-state index contributed by atoms with van der Waals surface area (Å²) in [6.07, 6.45) is 7.23. The maximum Gasteiger partial charge on any atom is 0.221 e. The third-order valence-electron chi connectivity index (χ3n) is 4.00. The van der Waals surface area contributed by atoms with E-state index in [9.17, 15) is 0 Å². The van der Waals surface area contributed by atoms with Crippen LogP contribution in [0.1, 0.15) is 38.2 Å². The van der Waals surface area contributed by atoms with Crippen LogP contribution in [0.25, 0.3) is 0 Å². The molecule has 0 bridgehead atoms. The first-order chi connectivity index (χ1) is 9.76. The predicted molar refractivity (Wildman–Crippen MR) is 81.3 cm³/mol. The molecule has 0 saturated carbocycles. The van der Waals surface area contributed by atoms with Gasteiger partial charge >= 0.3 is 0 Å². The van der Waals surface area contributed by atoms with Crippen molar-refractivity contribution in [3.8, 4) is 5.88 Å². The maximum atomic E-state index is 5.92. The maximum absolute atomic E-state index is 5.92. The molecule has 1 saturated heterocycles. The highest BCUT2D eigenvalue weighted by Gasteiger charge is 2.20. The standard InChI is InChI=1S/C15H26N4O/c1-4-6-13-14(16-2)17-11-18-15(13)20-10-8-12-7-5-9-19(12)3/h11-12H,4-10H2,1-3H3,(H,16,17,18). The highest BCUT2D eigenvalue weighted by molar-refractivity contribution is 5.48. The highest BCUT2D eigenvalue weighted by Crippen LogP contribution is 2.24. The van der Waals surface area contributed by atoms with Gasteiger partial charge in [0.05, 0.1) is 12.2 Å². The van der Waals surface area contributed by atoms with Gasteiger partial charge in [0.1, 0.15) is 12.1 Å². The van der Waals surface area contributed by atoms with E-state index < -0.39 is 0 Å². The molecule has 1 aliphatic rings. The summed E-state index contributed by atoms with van der Waals surface area (Å²) in [6, 6.07) is 0.662. The van der Waals surface area contributed by atoms with Crippen LogP contribution in [-0.4, -0.2) is 48.2 Å². The molecule has 20 heavy (non-hydrogen) atoms. The minimum Gasteiger partial charge on any atom is -0.477 e. The predicted octanol–water partition coefficient (Wildman–Crippen LogP) is 2.33. The van der Waals surface area contributed by atoms with Gasteiger partial charge in [0, 0.05) is 13.1 Å². The smallest absolute Gasteiger partial charge is 0.221 e. The first-order valence-corrected chi connectivity index (χ1v) is 7.61. The fourth-order valence-electron chi connectivity index (χ4n) is 2.85. The van der Waals surface area contributed by atoms with Crippen LogP contribution < -0.4 is 10.1 Å². The second kappa shape index (κ2) is 7.43. The molecule has 1 aromatic heterocycles. The molecule has 5 heteroatoms. The molecule has 1 atom stereocenters. The lowest BCUT2D eigenvalue weighted by atomic mass is 10.1. The Morgan fingerprint density at radius 3 is 2.95 bits per heavy atom. The number of likely N-dealkylation sites (tertiary alicyclic amines) is 1. The van der Waals surface area contributed by atoms with E-state index in [1.54, 1.807) is 6.33 Å². The largest absolute Gasteiger partial charge is 0.477 e. The van der Waals surface area contributed by atoms with E-state index in [0.29, 0.717) is 6.04 Å². The van der Waals surface area contributed by atoms with Crippen LogP contribution in [0.2, 0.25) is 0 Å². The number of nitrogens with one attached hydrogen (secondary N) is 1. The van der Waals surface area contributed by atoms with E-state index in [1.165, 1.54) is 19.4 Å². The minimum atomic E-state index is 0.662. The van der Waals surface area contributed by atoms with Crippen LogP contribution in [0.4, 0.5) is 5.82 Å². The van der Waals surface area contributed by atoms with Gasteiger partial charge in [0.25, 0.3) is 0 Å². The molecule has 0 aromatic carbocycles. The van der Waals surface area contributed by atoms with Crippen molar-refractivity contribution in [2.24, 2.45) is 0 Å². The monoisotopic (exact) mass is 278 g/mol. The van der Waals surface area contributed by atoms with Crippen molar-refractivity contribution >= 4 is 5.82 Å². The van der Waals surface area contributed by atoms with Gasteiger partial charge in [-0.1, -0.05) is 13.3 Å². The molecule has 112 valence electrons. The van der Waals surface area contributed by atoms with Crippen molar-refractivity contribution in [1.82, 2.24) is 14.9 Å². The SMILES string of the molecule is CCCc1c(NC)ncnc1OCCC1CCCN1C. The van der Waals surface area contributed by atoms with Crippen molar-refractivity contribution in [2.45, 2.75) is 45.1 Å². The molecule has 0 amide bonds. The number of nitrogens with zero attached hydrogens (tertiary/aromatic N) is 3. The Morgan fingerprint density at radius 2 is 2.30 bits per heavy atom. The number of hydrogen-bond acceptors (Lipinski definition) is 5. The molecule has 0 aliphatic carbocycles. The van der Waals surface area contributed by atoms with Crippen molar-refractivity contribution < 1.29 is 4.74 Å². The van der Waals surface area contributed by atoms with Gasteiger partial charge in [-0.25, -0.2) is 9.97 Å². The van der Waals surface area contributed by atoms with Gasteiger partial charge < -0.3 is 15.0 Å². The van der Waals surface area contributed by atoms with Gasteiger partial charge in [0.2, 0.25) is 5.88 Å². The Labute approximate surface area is 121 Å². The molecule has 0 radical (unpaired) electrons. The molecular formula is C15H26N4O. The average molecular weight is 278 g/mol. The topological polar surface area (TPSA) is 50.3 Å². The summed E-state index contributed by atoms with van der Waals surface area (Å²) >= 11 is 0. The Hall–Kier alpha value is -1.36. The zero-order valence-electron chi connectivity index (χ0n) is 12.9. The number of hydrogen-bond donors (Lipinski definition) is 1. The van der Waals surface area contributed by atoms with Crippen molar-refractivity contribution in [1.29, 1.82) is 0 Å². The van der Waals surface area contributed by atoms with Crippen molar-refractivity contribution in [2.75, 3.05) is 32.6 Å².